The largest absolute Gasteiger partial charge is 0.508 e. The van der Waals surface area contributed by atoms with Crippen LogP contribution in [-0.4, -0.2) is 32.1 Å². The van der Waals surface area contributed by atoms with Crippen molar-refractivity contribution >= 4 is 11.1 Å². The monoisotopic (exact) mass is 429 g/mol. The van der Waals surface area contributed by atoms with E-state index in [0.717, 1.165) is 53.3 Å². The second-order valence-electron chi connectivity index (χ2n) is 8.15. The third-order valence-electron chi connectivity index (χ3n) is 5.86. The van der Waals surface area contributed by atoms with Gasteiger partial charge in [0.1, 0.15) is 18.1 Å². The Bertz CT molecular complexity index is 1120. The Morgan fingerprint density at radius 1 is 0.906 bits per heavy atom. The summed E-state index contributed by atoms with van der Waals surface area (Å²) in [6.45, 7) is 1.69. The Morgan fingerprint density at radius 3 is 2.25 bits per heavy atom. The van der Waals surface area contributed by atoms with E-state index in [4.69, 9.17) is 14.2 Å². The second kappa shape index (κ2) is 8.97. The molecule has 164 valence electrons. The van der Waals surface area contributed by atoms with Gasteiger partial charge < -0.3 is 24.6 Å². The van der Waals surface area contributed by atoms with Crippen LogP contribution in [0.4, 0.5) is 0 Å². The highest BCUT2D eigenvalue weighted by atomic mass is 16.7. The van der Waals surface area contributed by atoms with Crippen LogP contribution in [0.3, 0.4) is 0 Å². The standard InChI is InChI=1S/C27H27NO4/c1-28-14-15-30-23-11-6-20(7-12-23)26(19-4-9-22(29)10-5-19)27(18-2-3-18)21-8-13-24-25(16-21)32-17-31-24/h4-13,16,18,28-29H,2-3,14-15,17H2,1H3. The maximum absolute atomic E-state index is 9.86. The fourth-order valence-corrected chi connectivity index (χ4v) is 4.11. The Balaban J connectivity index is 1.61. The van der Waals surface area contributed by atoms with E-state index in [1.165, 1.54) is 11.1 Å². The Hall–Kier alpha value is -3.44. The van der Waals surface area contributed by atoms with E-state index < -0.39 is 0 Å². The van der Waals surface area contributed by atoms with Crippen LogP contribution in [0.1, 0.15) is 29.5 Å². The molecule has 2 aliphatic rings. The summed E-state index contributed by atoms with van der Waals surface area (Å²) in [7, 11) is 1.91. The molecule has 3 aromatic rings. The average Bonchev–Trinajstić information content (AvgIpc) is 3.54. The van der Waals surface area contributed by atoms with Crippen LogP contribution < -0.4 is 19.5 Å². The van der Waals surface area contributed by atoms with Gasteiger partial charge in [0.2, 0.25) is 6.79 Å². The summed E-state index contributed by atoms with van der Waals surface area (Å²) in [4.78, 5) is 0. The van der Waals surface area contributed by atoms with E-state index >= 15 is 0 Å². The summed E-state index contributed by atoms with van der Waals surface area (Å²) in [6, 6.07) is 21.9. The van der Waals surface area contributed by atoms with Crippen LogP contribution in [0.25, 0.3) is 11.1 Å². The Kier molecular flexibility index (Phi) is 5.73. The highest BCUT2D eigenvalue weighted by molar-refractivity contribution is 6.00. The zero-order chi connectivity index (χ0) is 21.9. The molecule has 0 atom stereocenters. The van der Waals surface area contributed by atoms with Crippen LogP contribution in [-0.2, 0) is 0 Å². The number of phenolic OH excluding ortho intramolecular Hbond substituents is 1. The van der Waals surface area contributed by atoms with E-state index in [1.54, 1.807) is 12.1 Å². The summed E-state index contributed by atoms with van der Waals surface area (Å²) in [5.74, 6) is 3.19. The first-order valence-corrected chi connectivity index (χ1v) is 11.0. The highest BCUT2D eigenvalue weighted by Gasteiger charge is 2.31. The summed E-state index contributed by atoms with van der Waals surface area (Å²) in [5.41, 5.74) is 5.82. The highest BCUT2D eigenvalue weighted by Crippen LogP contribution is 2.49. The molecule has 0 unspecified atom stereocenters. The zero-order valence-corrected chi connectivity index (χ0v) is 18.1. The van der Waals surface area contributed by atoms with Crippen molar-refractivity contribution in [3.05, 3.63) is 83.4 Å². The van der Waals surface area contributed by atoms with Crippen molar-refractivity contribution in [2.45, 2.75) is 12.8 Å². The Labute approximate surface area is 188 Å². The Morgan fingerprint density at radius 2 is 1.56 bits per heavy atom. The lowest BCUT2D eigenvalue weighted by molar-refractivity contribution is 0.174. The molecule has 1 saturated carbocycles. The minimum Gasteiger partial charge on any atom is -0.508 e. The molecule has 0 spiro atoms. The summed E-state index contributed by atoms with van der Waals surface area (Å²) in [6.07, 6.45) is 2.33. The number of phenols is 1. The molecule has 0 radical (unpaired) electrons. The summed E-state index contributed by atoms with van der Waals surface area (Å²) < 4.78 is 17.0. The molecular formula is C27H27NO4. The van der Waals surface area contributed by atoms with Crippen molar-refractivity contribution in [1.82, 2.24) is 5.32 Å². The van der Waals surface area contributed by atoms with Gasteiger partial charge in [-0.05, 0) is 90.0 Å². The number of hydrogen-bond donors (Lipinski definition) is 2. The van der Waals surface area contributed by atoms with E-state index in [2.05, 4.69) is 29.6 Å². The second-order valence-corrected chi connectivity index (χ2v) is 8.15. The fraction of sp³-hybridized carbons (Fsp3) is 0.259. The molecule has 1 aliphatic carbocycles. The quantitative estimate of drug-likeness (QED) is 0.386. The topological polar surface area (TPSA) is 60.0 Å². The number of hydrogen-bond acceptors (Lipinski definition) is 5. The lowest BCUT2D eigenvalue weighted by Crippen LogP contribution is -2.15. The van der Waals surface area contributed by atoms with E-state index in [-0.39, 0.29) is 12.5 Å². The molecule has 5 rings (SSSR count). The number of benzene rings is 3. The van der Waals surface area contributed by atoms with Gasteiger partial charge in [-0.15, -0.1) is 0 Å². The van der Waals surface area contributed by atoms with E-state index in [9.17, 15) is 5.11 Å². The van der Waals surface area contributed by atoms with E-state index in [1.807, 2.05) is 37.4 Å². The maximum atomic E-state index is 9.86. The van der Waals surface area contributed by atoms with Gasteiger partial charge in [-0.3, -0.25) is 0 Å². The molecule has 0 saturated heterocycles. The normalized spacial score (nSPS) is 15.4. The molecule has 32 heavy (non-hydrogen) atoms. The first kappa shape index (κ1) is 20.5. The first-order chi connectivity index (χ1) is 15.7. The molecule has 1 aliphatic heterocycles. The summed E-state index contributed by atoms with van der Waals surface area (Å²) >= 11 is 0. The van der Waals surface area contributed by atoms with Crippen LogP contribution in [0.15, 0.2) is 66.7 Å². The van der Waals surface area contributed by atoms with Crippen molar-refractivity contribution in [2.24, 2.45) is 5.92 Å². The molecular weight excluding hydrogens is 402 g/mol. The van der Waals surface area contributed by atoms with Crippen LogP contribution in [0, 0.1) is 5.92 Å². The lowest BCUT2D eigenvalue weighted by atomic mass is 9.87. The van der Waals surface area contributed by atoms with E-state index in [0.29, 0.717) is 12.5 Å². The molecule has 5 nitrogen and oxygen atoms in total. The van der Waals surface area contributed by atoms with Gasteiger partial charge in [0, 0.05) is 6.54 Å². The van der Waals surface area contributed by atoms with Gasteiger partial charge in [-0.2, -0.15) is 0 Å². The van der Waals surface area contributed by atoms with Crippen molar-refractivity contribution in [3.63, 3.8) is 0 Å². The predicted octanol–water partition coefficient (Wildman–Crippen LogP) is 5.09. The van der Waals surface area contributed by atoms with Gasteiger partial charge in [0.25, 0.3) is 0 Å². The van der Waals surface area contributed by atoms with Gasteiger partial charge in [-0.25, -0.2) is 0 Å². The SMILES string of the molecule is CNCCOc1ccc(C(=C(c2ccc3c(c2)OCO3)C2CC2)c2ccc(O)cc2)cc1. The molecule has 1 heterocycles. The first-order valence-electron chi connectivity index (χ1n) is 11.0. The number of ether oxygens (including phenoxy) is 3. The summed E-state index contributed by atoms with van der Waals surface area (Å²) in [5, 5.41) is 13.0. The number of rotatable bonds is 8. The molecule has 0 aromatic heterocycles. The van der Waals surface area contributed by atoms with Crippen LogP contribution in [0.2, 0.25) is 0 Å². The lowest BCUT2D eigenvalue weighted by Gasteiger charge is -2.18. The third-order valence-corrected chi connectivity index (χ3v) is 5.86. The predicted molar refractivity (Wildman–Crippen MR) is 125 cm³/mol. The number of aromatic hydroxyl groups is 1. The smallest absolute Gasteiger partial charge is 0.231 e. The van der Waals surface area contributed by atoms with Gasteiger partial charge in [0.15, 0.2) is 11.5 Å². The molecule has 3 aromatic carbocycles. The third kappa shape index (κ3) is 4.30. The van der Waals surface area contributed by atoms with Gasteiger partial charge in [0.05, 0.1) is 0 Å². The minimum atomic E-state index is 0.262. The maximum Gasteiger partial charge on any atom is 0.231 e. The molecule has 2 N–H and O–H groups in total. The molecule has 1 fully saturated rings. The van der Waals surface area contributed by atoms with Gasteiger partial charge >= 0.3 is 0 Å². The number of allylic oxidation sites excluding steroid dienone is 1. The number of fused-ring (bicyclic) bond motifs is 1. The van der Waals surface area contributed by atoms with Crippen molar-refractivity contribution in [3.8, 4) is 23.0 Å². The molecule has 0 bridgehead atoms. The zero-order valence-electron chi connectivity index (χ0n) is 18.1. The van der Waals surface area contributed by atoms with Crippen molar-refractivity contribution in [2.75, 3.05) is 27.0 Å². The minimum absolute atomic E-state index is 0.262. The fourth-order valence-electron chi connectivity index (χ4n) is 4.11. The number of nitrogens with one attached hydrogen (secondary N) is 1. The van der Waals surface area contributed by atoms with Gasteiger partial charge in [-0.1, -0.05) is 30.3 Å². The van der Waals surface area contributed by atoms with Crippen molar-refractivity contribution in [1.29, 1.82) is 0 Å². The van der Waals surface area contributed by atoms with Crippen LogP contribution in [0.5, 0.6) is 23.0 Å². The number of likely N-dealkylation sites (N-methyl/N-ethyl adjacent to an activating group) is 1. The molecule has 5 heteroatoms. The molecule has 0 amide bonds. The van der Waals surface area contributed by atoms with Crippen LogP contribution >= 0.6 is 0 Å². The van der Waals surface area contributed by atoms with Crippen molar-refractivity contribution < 1.29 is 19.3 Å². The average molecular weight is 430 g/mol.